The summed E-state index contributed by atoms with van der Waals surface area (Å²) >= 11 is 0. The van der Waals surface area contributed by atoms with Crippen LogP contribution in [0.4, 0.5) is 5.69 Å². The average molecular weight is 196 g/mol. The van der Waals surface area contributed by atoms with Crippen LogP contribution >= 0.6 is 0 Å². The van der Waals surface area contributed by atoms with Crippen molar-refractivity contribution in [3.63, 3.8) is 0 Å². The van der Waals surface area contributed by atoms with Crippen molar-refractivity contribution in [2.75, 3.05) is 12.8 Å². The van der Waals surface area contributed by atoms with Crippen molar-refractivity contribution in [2.24, 2.45) is 0 Å². The first-order valence-corrected chi connectivity index (χ1v) is 4.13. The number of aromatic nitrogens is 2. The van der Waals surface area contributed by atoms with Crippen molar-refractivity contribution in [3.8, 4) is 6.07 Å². The lowest BCUT2D eigenvalue weighted by Gasteiger charge is -1.96. The van der Waals surface area contributed by atoms with Crippen LogP contribution in [0.1, 0.15) is 12.1 Å². The number of rotatable bonds is 4. The number of nitrogen functional groups attached to an aromatic ring is 1. The largest absolute Gasteiger partial charge is 0.393 e. The third-order valence-electron chi connectivity index (χ3n) is 1.81. The lowest BCUT2D eigenvalue weighted by Crippen LogP contribution is -2.18. The highest BCUT2D eigenvalue weighted by Crippen LogP contribution is 2.04. The van der Waals surface area contributed by atoms with Gasteiger partial charge in [0.2, 0.25) is 0 Å². The average Bonchev–Trinajstić information content (AvgIpc) is 2.44. The molecule has 0 fully saturated rings. The molecular formula is C8H12N4O2. The third kappa shape index (κ3) is 1.95. The van der Waals surface area contributed by atoms with Crippen molar-refractivity contribution < 1.29 is 4.74 Å². The summed E-state index contributed by atoms with van der Waals surface area (Å²) in [5.41, 5.74) is 5.94. The van der Waals surface area contributed by atoms with E-state index in [-0.39, 0.29) is 24.3 Å². The van der Waals surface area contributed by atoms with Gasteiger partial charge in [-0.15, -0.1) is 0 Å². The number of aryl methyl sites for hydroxylation is 1. The molecule has 0 bridgehead atoms. The lowest BCUT2D eigenvalue weighted by atomic mass is 10.4. The van der Waals surface area contributed by atoms with E-state index in [9.17, 15) is 4.79 Å². The highest BCUT2D eigenvalue weighted by atomic mass is 16.5. The Labute approximate surface area is 80.9 Å². The molecule has 0 saturated heterocycles. The molecule has 0 aliphatic rings. The molecule has 6 nitrogen and oxygen atoms in total. The molecule has 0 saturated carbocycles. The first kappa shape index (κ1) is 10.3. The van der Waals surface area contributed by atoms with Gasteiger partial charge in [0.15, 0.2) is 0 Å². The minimum Gasteiger partial charge on any atom is -0.393 e. The molecule has 3 N–H and O–H groups in total. The minimum atomic E-state index is -0.299. The van der Waals surface area contributed by atoms with Crippen LogP contribution in [0.15, 0.2) is 4.79 Å². The number of nitriles is 1. The van der Waals surface area contributed by atoms with Crippen LogP contribution in [0.25, 0.3) is 0 Å². The van der Waals surface area contributed by atoms with Gasteiger partial charge in [0.25, 0.3) is 5.56 Å². The molecule has 6 heteroatoms. The zero-order valence-corrected chi connectivity index (χ0v) is 7.91. The predicted molar refractivity (Wildman–Crippen MR) is 50.4 cm³/mol. The molecule has 0 aromatic carbocycles. The fourth-order valence-electron chi connectivity index (χ4n) is 1.12. The molecule has 1 aromatic rings. The maximum atomic E-state index is 11.4. The van der Waals surface area contributed by atoms with E-state index in [1.54, 1.807) is 0 Å². The molecule has 0 radical (unpaired) electrons. The number of nitrogens with two attached hydrogens (primary N) is 1. The highest BCUT2D eigenvalue weighted by Gasteiger charge is 2.09. The normalized spacial score (nSPS) is 10.0. The van der Waals surface area contributed by atoms with E-state index in [0.717, 1.165) is 0 Å². The van der Waals surface area contributed by atoms with Gasteiger partial charge in [-0.25, -0.2) is 0 Å². The van der Waals surface area contributed by atoms with Crippen LogP contribution in [0.2, 0.25) is 0 Å². The van der Waals surface area contributed by atoms with Crippen LogP contribution < -0.4 is 11.3 Å². The molecule has 0 aliphatic heterocycles. The highest BCUT2D eigenvalue weighted by molar-refractivity contribution is 5.40. The second-order valence-corrected chi connectivity index (χ2v) is 2.80. The Bertz CT molecular complexity index is 398. The summed E-state index contributed by atoms with van der Waals surface area (Å²) in [7, 11) is 1.52. The van der Waals surface area contributed by atoms with Crippen molar-refractivity contribution in [1.82, 2.24) is 9.78 Å². The van der Waals surface area contributed by atoms with Gasteiger partial charge in [0.05, 0.1) is 31.3 Å². The second kappa shape index (κ2) is 4.48. The van der Waals surface area contributed by atoms with Crippen LogP contribution in [0.3, 0.4) is 0 Å². The standard InChI is InChI=1S/C8H12N4O2/c1-14-5-6-7(10)8(13)12(11-6)4-2-3-9/h11H,2,4-5,10H2,1H3. The summed E-state index contributed by atoms with van der Waals surface area (Å²) in [6.45, 7) is 0.587. The van der Waals surface area contributed by atoms with Crippen molar-refractivity contribution in [3.05, 3.63) is 16.0 Å². The van der Waals surface area contributed by atoms with E-state index in [1.807, 2.05) is 6.07 Å². The molecule has 1 aromatic heterocycles. The third-order valence-corrected chi connectivity index (χ3v) is 1.81. The Morgan fingerprint density at radius 2 is 2.43 bits per heavy atom. The van der Waals surface area contributed by atoms with E-state index in [1.165, 1.54) is 11.8 Å². The SMILES string of the molecule is COCc1[nH]n(CCC#N)c(=O)c1N. The van der Waals surface area contributed by atoms with Crippen molar-refractivity contribution >= 4 is 5.69 Å². The number of H-pyrrole nitrogens is 1. The van der Waals surface area contributed by atoms with Gasteiger partial charge in [0, 0.05) is 7.11 Å². The summed E-state index contributed by atoms with van der Waals surface area (Å²) in [4.78, 5) is 11.4. The van der Waals surface area contributed by atoms with Crippen LogP contribution in [-0.4, -0.2) is 16.9 Å². The zero-order chi connectivity index (χ0) is 10.6. The number of nitrogens with zero attached hydrogens (tertiary/aromatic N) is 2. The summed E-state index contributed by atoms with van der Waals surface area (Å²) in [5, 5.41) is 11.2. The maximum absolute atomic E-state index is 11.4. The maximum Gasteiger partial charge on any atom is 0.290 e. The van der Waals surface area contributed by atoms with Gasteiger partial charge >= 0.3 is 0 Å². The molecule has 14 heavy (non-hydrogen) atoms. The van der Waals surface area contributed by atoms with E-state index in [4.69, 9.17) is 15.7 Å². The van der Waals surface area contributed by atoms with Crippen LogP contribution in [0.5, 0.6) is 0 Å². The Kier molecular flexibility index (Phi) is 3.31. The summed E-state index contributed by atoms with van der Waals surface area (Å²) in [5.74, 6) is 0. The monoisotopic (exact) mass is 196 g/mol. The molecule has 0 atom stereocenters. The fourth-order valence-corrected chi connectivity index (χ4v) is 1.12. The molecule has 0 unspecified atom stereocenters. The van der Waals surface area contributed by atoms with E-state index in [0.29, 0.717) is 12.2 Å². The Hall–Kier alpha value is -1.74. The van der Waals surface area contributed by atoms with Gasteiger partial charge < -0.3 is 10.5 Å². The molecule has 1 rings (SSSR count). The van der Waals surface area contributed by atoms with E-state index in [2.05, 4.69) is 5.10 Å². The molecule has 76 valence electrons. The van der Waals surface area contributed by atoms with E-state index >= 15 is 0 Å². The Morgan fingerprint density at radius 3 is 3.00 bits per heavy atom. The van der Waals surface area contributed by atoms with Gasteiger partial charge in [-0.3, -0.25) is 14.6 Å². The van der Waals surface area contributed by atoms with Crippen LogP contribution in [-0.2, 0) is 17.9 Å². The zero-order valence-electron chi connectivity index (χ0n) is 7.91. The summed E-state index contributed by atoms with van der Waals surface area (Å²) < 4.78 is 6.17. The lowest BCUT2D eigenvalue weighted by molar-refractivity contribution is 0.181. The Balaban J connectivity index is 2.92. The first-order chi connectivity index (χ1) is 6.70. The quantitative estimate of drug-likeness (QED) is 0.698. The Morgan fingerprint density at radius 1 is 1.71 bits per heavy atom. The number of methoxy groups -OCH3 is 1. The van der Waals surface area contributed by atoms with E-state index < -0.39 is 0 Å². The van der Waals surface area contributed by atoms with Gasteiger partial charge in [-0.05, 0) is 0 Å². The van der Waals surface area contributed by atoms with Gasteiger partial charge in [-0.2, -0.15) is 5.26 Å². The summed E-state index contributed by atoms with van der Waals surface area (Å²) in [6.07, 6.45) is 0.270. The van der Waals surface area contributed by atoms with Crippen molar-refractivity contribution in [1.29, 1.82) is 5.26 Å². The molecular weight excluding hydrogens is 184 g/mol. The fraction of sp³-hybridized carbons (Fsp3) is 0.500. The molecule has 0 spiro atoms. The minimum absolute atomic E-state index is 0.157. The number of nitrogens with one attached hydrogen (secondary N) is 1. The van der Waals surface area contributed by atoms with Gasteiger partial charge in [-0.1, -0.05) is 0 Å². The van der Waals surface area contributed by atoms with Crippen LogP contribution in [0, 0.1) is 11.3 Å². The van der Waals surface area contributed by atoms with Crippen molar-refractivity contribution in [2.45, 2.75) is 19.6 Å². The number of hydrogen-bond donors (Lipinski definition) is 2. The van der Waals surface area contributed by atoms with Gasteiger partial charge in [0.1, 0.15) is 5.69 Å². The summed E-state index contributed by atoms with van der Waals surface area (Å²) in [6, 6.07) is 1.95. The number of aromatic amines is 1. The molecule has 1 heterocycles. The number of ether oxygens (including phenoxy) is 1. The molecule has 0 aliphatic carbocycles. The topological polar surface area (TPSA) is 96.8 Å². The second-order valence-electron chi connectivity index (χ2n) is 2.80. The number of hydrogen-bond acceptors (Lipinski definition) is 4. The first-order valence-electron chi connectivity index (χ1n) is 4.13. The smallest absolute Gasteiger partial charge is 0.290 e. The number of anilines is 1. The molecule has 0 amide bonds. The predicted octanol–water partition coefficient (Wildman–Crippen LogP) is -0.181.